The van der Waals surface area contributed by atoms with Gasteiger partial charge in [-0.05, 0) is 24.6 Å². The maximum absolute atomic E-state index is 12.7. The van der Waals surface area contributed by atoms with Crippen LogP contribution in [0.3, 0.4) is 0 Å². The van der Waals surface area contributed by atoms with Crippen molar-refractivity contribution in [2.45, 2.75) is 41.5 Å². The van der Waals surface area contributed by atoms with Crippen LogP contribution in [0.5, 0.6) is 0 Å². The van der Waals surface area contributed by atoms with E-state index < -0.39 is 36.3 Å². The molecule has 1 radical (unpaired) electrons. The monoisotopic (exact) mass is 440 g/mol. The number of thioether (sulfide) groups is 1. The lowest BCUT2D eigenvalue weighted by Gasteiger charge is -2.15. The molecule has 3 heterocycles. The van der Waals surface area contributed by atoms with Crippen LogP contribution in [0.1, 0.15) is 17.4 Å². The van der Waals surface area contributed by atoms with Gasteiger partial charge < -0.3 is 20.7 Å². The molecule has 4 rings (SSSR count). The lowest BCUT2D eigenvalue weighted by molar-refractivity contribution is -0.137. The number of rotatable bonds is 4. The molecule has 3 aromatic rings. The summed E-state index contributed by atoms with van der Waals surface area (Å²) in [6, 6.07) is 4.82. The fraction of sp³-hybridized carbons (Fsp3) is 0.333. The van der Waals surface area contributed by atoms with Crippen LogP contribution in [0, 0.1) is 6.92 Å². The van der Waals surface area contributed by atoms with Gasteiger partial charge >= 0.3 is 6.18 Å². The number of fused-ring (bicyclic) bond motifs is 1. The van der Waals surface area contributed by atoms with Gasteiger partial charge in [-0.1, -0.05) is 23.9 Å². The molecule has 0 bridgehead atoms. The normalized spacial score (nSPS) is 24.6. The third kappa shape index (κ3) is 3.71. The van der Waals surface area contributed by atoms with Crippen molar-refractivity contribution in [2.75, 3.05) is 5.73 Å². The minimum atomic E-state index is -4.40. The SMILES string of the molecule is [CH2][C@H]1O[C@@H](n2nc(SCc3ccc(C(F)(F)F)cc3)c3c(N)ncnc32)[C@H](O)[C@@H]1O. The van der Waals surface area contributed by atoms with E-state index >= 15 is 0 Å². The zero-order valence-corrected chi connectivity index (χ0v) is 16.1. The highest BCUT2D eigenvalue weighted by molar-refractivity contribution is 7.98. The van der Waals surface area contributed by atoms with E-state index in [-0.39, 0.29) is 5.82 Å². The Morgan fingerprint density at radius 2 is 1.87 bits per heavy atom. The van der Waals surface area contributed by atoms with Crippen molar-refractivity contribution in [3.05, 3.63) is 48.6 Å². The molecule has 4 atom stereocenters. The molecule has 0 amide bonds. The Morgan fingerprint density at radius 1 is 1.17 bits per heavy atom. The highest BCUT2D eigenvalue weighted by Gasteiger charge is 2.43. The van der Waals surface area contributed by atoms with E-state index in [9.17, 15) is 23.4 Å². The molecule has 30 heavy (non-hydrogen) atoms. The number of ether oxygens (including phenoxy) is 1. The maximum atomic E-state index is 12.7. The van der Waals surface area contributed by atoms with Gasteiger partial charge in [-0.25, -0.2) is 14.6 Å². The highest BCUT2D eigenvalue weighted by atomic mass is 32.2. The van der Waals surface area contributed by atoms with Crippen molar-refractivity contribution in [1.29, 1.82) is 0 Å². The number of alkyl halides is 3. The predicted molar refractivity (Wildman–Crippen MR) is 102 cm³/mol. The van der Waals surface area contributed by atoms with Gasteiger partial charge in [0.2, 0.25) is 0 Å². The summed E-state index contributed by atoms with van der Waals surface area (Å²) < 4.78 is 45.0. The van der Waals surface area contributed by atoms with E-state index in [1.54, 1.807) is 0 Å². The van der Waals surface area contributed by atoms with Crippen LogP contribution < -0.4 is 5.73 Å². The van der Waals surface area contributed by atoms with E-state index in [0.29, 0.717) is 27.4 Å². The average molecular weight is 440 g/mol. The fourth-order valence-electron chi connectivity index (χ4n) is 3.11. The lowest BCUT2D eigenvalue weighted by atomic mass is 10.1. The van der Waals surface area contributed by atoms with Crippen LogP contribution in [0.4, 0.5) is 19.0 Å². The van der Waals surface area contributed by atoms with Gasteiger partial charge in [0.15, 0.2) is 11.9 Å². The largest absolute Gasteiger partial charge is 0.416 e. The van der Waals surface area contributed by atoms with Gasteiger partial charge in [-0.2, -0.15) is 18.3 Å². The predicted octanol–water partition coefficient (Wildman–Crippen LogP) is 2.17. The van der Waals surface area contributed by atoms with Crippen LogP contribution in [0.15, 0.2) is 35.6 Å². The van der Waals surface area contributed by atoms with Gasteiger partial charge in [0.1, 0.15) is 29.4 Å². The molecule has 1 aliphatic rings. The van der Waals surface area contributed by atoms with Gasteiger partial charge in [-0.3, -0.25) is 0 Å². The second-order valence-electron chi connectivity index (χ2n) is 6.74. The maximum Gasteiger partial charge on any atom is 0.416 e. The van der Waals surface area contributed by atoms with Crippen molar-refractivity contribution in [1.82, 2.24) is 19.7 Å². The number of halogens is 3. The molecule has 159 valence electrons. The Balaban J connectivity index is 1.63. The molecule has 0 saturated carbocycles. The molecule has 4 N–H and O–H groups in total. The number of nitrogen functional groups attached to an aromatic ring is 1. The number of hydrogen-bond donors (Lipinski definition) is 3. The van der Waals surface area contributed by atoms with Gasteiger partial charge in [0, 0.05) is 5.75 Å². The minimum Gasteiger partial charge on any atom is -0.388 e. The second-order valence-corrected chi connectivity index (χ2v) is 7.70. The molecule has 1 fully saturated rings. The molecule has 0 unspecified atom stereocenters. The average Bonchev–Trinajstić information content (AvgIpc) is 3.19. The van der Waals surface area contributed by atoms with Crippen LogP contribution in [0.2, 0.25) is 0 Å². The Bertz CT molecular complexity index is 1060. The number of nitrogens with two attached hydrogens (primary N) is 1. The minimum absolute atomic E-state index is 0.153. The van der Waals surface area contributed by atoms with Gasteiger partial charge in [-0.15, -0.1) is 0 Å². The van der Waals surface area contributed by atoms with Crippen molar-refractivity contribution in [3.8, 4) is 0 Å². The molecule has 1 saturated heterocycles. The van der Waals surface area contributed by atoms with E-state index in [0.717, 1.165) is 12.1 Å². The Hall–Kier alpha value is -2.41. The summed E-state index contributed by atoms with van der Waals surface area (Å²) in [5.74, 6) is 0.466. The summed E-state index contributed by atoms with van der Waals surface area (Å²) in [5, 5.41) is 25.5. The summed E-state index contributed by atoms with van der Waals surface area (Å²) in [6.07, 6.45) is -7.52. The topological polar surface area (TPSA) is 119 Å². The number of benzene rings is 1. The first-order valence-electron chi connectivity index (χ1n) is 8.79. The van der Waals surface area contributed by atoms with Crippen molar-refractivity contribution < 1.29 is 28.1 Å². The fourth-order valence-corrected chi connectivity index (χ4v) is 4.10. The third-order valence-corrected chi connectivity index (χ3v) is 5.76. The van der Waals surface area contributed by atoms with Crippen molar-refractivity contribution in [3.63, 3.8) is 0 Å². The van der Waals surface area contributed by atoms with Crippen LogP contribution >= 0.6 is 11.8 Å². The standard InChI is InChI=1S/C18H17F3N5O3S/c1-8-12(27)13(28)17(29-8)26-15-11(14(22)23-7-24-15)16(25-26)30-6-9-2-4-10(5-3-9)18(19,20)21/h2-5,7-8,12-13,17,27-28H,1,6H2,(H2,22,23,24)/t8-,12-,13-,17-/m1/s1. The number of aliphatic hydroxyl groups is 2. The quantitative estimate of drug-likeness (QED) is 0.528. The van der Waals surface area contributed by atoms with Gasteiger partial charge in [0.25, 0.3) is 0 Å². The lowest BCUT2D eigenvalue weighted by Crippen LogP contribution is -2.30. The van der Waals surface area contributed by atoms with E-state index in [1.807, 2.05) is 0 Å². The smallest absolute Gasteiger partial charge is 0.388 e. The number of aliphatic hydroxyl groups excluding tert-OH is 2. The molecule has 1 aromatic carbocycles. The first-order chi connectivity index (χ1) is 14.2. The number of nitrogens with zero attached hydrogens (tertiary/aromatic N) is 4. The van der Waals surface area contributed by atoms with Crippen molar-refractivity contribution >= 4 is 28.6 Å². The van der Waals surface area contributed by atoms with E-state index in [2.05, 4.69) is 22.0 Å². The zero-order valence-electron chi connectivity index (χ0n) is 15.3. The number of anilines is 1. The molecule has 1 aliphatic heterocycles. The van der Waals surface area contributed by atoms with E-state index in [4.69, 9.17) is 10.5 Å². The molecule has 2 aromatic heterocycles. The van der Waals surface area contributed by atoms with Crippen molar-refractivity contribution in [2.24, 2.45) is 0 Å². The third-order valence-electron chi connectivity index (χ3n) is 4.72. The Labute approximate surface area is 172 Å². The van der Waals surface area contributed by atoms with E-state index in [1.165, 1.54) is 34.9 Å². The first kappa shape index (κ1) is 20.8. The van der Waals surface area contributed by atoms with Crippen LogP contribution in [-0.2, 0) is 16.7 Å². The molecular formula is C18H17F3N5O3S. The molecule has 12 heteroatoms. The summed E-state index contributed by atoms with van der Waals surface area (Å²) in [5.41, 5.74) is 6.21. The number of hydrogen-bond acceptors (Lipinski definition) is 8. The second kappa shape index (κ2) is 7.69. The Kier molecular flexibility index (Phi) is 5.34. The molecular weight excluding hydrogens is 423 g/mol. The summed E-state index contributed by atoms with van der Waals surface area (Å²) in [7, 11) is 0. The van der Waals surface area contributed by atoms with Crippen LogP contribution in [-0.4, -0.2) is 48.3 Å². The summed E-state index contributed by atoms with van der Waals surface area (Å²) in [4.78, 5) is 8.12. The summed E-state index contributed by atoms with van der Waals surface area (Å²) in [6.45, 7) is 3.63. The number of aromatic nitrogens is 4. The zero-order chi connectivity index (χ0) is 21.6. The summed E-state index contributed by atoms with van der Waals surface area (Å²) >= 11 is 1.22. The first-order valence-corrected chi connectivity index (χ1v) is 9.77. The highest BCUT2D eigenvalue weighted by Crippen LogP contribution is 2.37. The molecule has 0 aliphatic carbocycles. The van der Waals surface area contributed by atoms with Crippen LogP contribution in [0.25, 0.3) is 11.0 Å². The Morgan fingerprint density at radius 3 is 2.47 bits per heavy atom. The molecule has 8 nitrogen and oxygen atoms in total. The molecule has 0 spiro atoms. The van der Waals surface area contributed by atoms with Gasteiger partial charge in [0.05, 0.1) is 17.1 Å².